The molecule has 4 nitrogen and oxygen atoms in total. The molecule has 0 aliphatic carbocycles. The van der Waals surface area contributed by atoms with Crippen LogP contribution in [0.5, 0.6) is 11.5 Å². The van der Waals surface area contributed by atoms with Crippen LogP contribution in [0.2, 0.25) is 0 Å². The van der Waals surface area contributed by atoms with Crippen molar-refractivity contribution in [3.63, 3.8) is 0 Å². The number of ether oxygens (including phenoxy) is 2. The first-order chi connectivity index (χ1) is 7.15. The molecule has 0 spiro atoms. The number of rotatable bonds is 4. The molecule has 0 aliphatic rings. The summed E-state index contributed by atoms with van der Waals surface area (Å²) in [5, 5.41) is 9.01. The molecule has 4 heteroatoms. The van der Waals surface area contributed by atoms with Gasteiger partial charge < -0.3 is 20.3 Å². The molecule has 0 amide bonds. The molecule has 3 N–H and O–H groups in total. The number of nitrogens with two attached hydrogens (primary N) is 1. The first-order valence-electron chi connectivity index (χ1n) is 4.73. The fraction of sp³-hybridized carbons (Fsp3) is 0.455. The Balaban J connectivity index is 3.22. The molecule has 0 aromatic heterocycles. The van der Waals surface area contributed by atoms with Crippen LogP contribution in [0.15, 0.2) is 12.1 Å². The molecule has 0 radical (unpaired) electrons. The van der Waals surface area contributed by atoms with E-state index in [4.69, 9.17) is 20.3 Å². The largest absolute Gasteiger partial charge is 0.493 e. The third-order valence-corrected chi connectivity index (χ3v) is 2.43. The molecule has 84 valence electrons. The lowest BCUT2D eigenvalue weighted by atomic mass is 10.0. The normalized spacial score (nSPS) is 12.3. The highest BCUT2D eigenvalue weighted by Gasteiger charge is 2.14. The molecular formula is C11H17NO3. The van der Waals surface area contributed by atoms with Gasteiger partial charge in [0.05, 0.1) is 26.9 Å². The second-order valence-electron chi connectivity index (χ2n) is 3.30. The monoisotopic (exact) mass is 211 g/mol. The van der Waals surface area contributed by atoms with E-state index >= 15 is 0 Å². The summed E-state index contributed by atoms with van der Waals surface area (Å²) in [5.74, 6) is 1.34. The summed E-state index contributed by atoms with van der Waals surface area (Å²) in [7, 11) is 3.17. The minimum Gasteiger partial charge on any atom is -0.493 e. The average Bonchev–Trinajstić information content (AvgIpc) is 2.27. The van der Waals surface area contributed by atoms with Crippen molar-refractivity contribution in [3.8, 4) is 11.5 Å². The zero-order valence-electron chi connectivity index (χ0n) is 9.28. The summed E-state index contributed by atoms with van der Waals surface area (Å²) in [6.07, 6.45) is 0. The summed E-state index contributed by atoms with van der Waals surface area (Å²) < 4.78 is 10.4. The summed E-state index contributed by atoms with van der Waals surface area (Å²) in [6.45, 7) is 1.81. The van der Waals surface area contributed by atoms with Gasteiger partial charge in [0.25, 0.3) is 0 Å². The second kappa shape index (κ2) is 5.00. The SMILES string of the molecule is COc1ccc(C(N)CO)c(C)c1OC. The van der Waals surface area contributed by atoms with E-state index in [1.165, 1.54) is 0 Å². The van der Waals surface area contributed by atoms with Gasteiger partial charge in [-0.15, -0.1) is 0 Å². The predicted octanol–water partition coefficient (Wildman–Crippen LogP) is 1.00. The molecule has 1 aromatic carbocycles. The smallest absolute Gasteiger partial charge is 0.163 e. The minimum absolute atomic E-state index is 0.0870. The maximum Gasteiger partial charge on any atom is 0.163 e. The summed E-state index contributed by atoms with van der Waals surface area (Å²) in [4.78, 5) is 0. The van der Waals surface area contributed by atoms with E-state index < -0.39 is 0 Å². The fourth-order valence-electron chi connectivity index (χ4n) is 1.60. The van der Waals surface area contributed by atoms with Crippen molar-refractivity contribution in [3.05, 3.63) is 23.3 Å². The number of aliphatic hydroxyl groups excluding tert-OH is 1. The Hall–Kier alpha value is -1.26. The highest BCUT2D eigenvalue weighted by Crippen LogP contribution is 2.34. The van der Waals surface area contributed by atoms with E-state index in [2.05, 4.69) is 0 Å². The van der Waals surface area contributed by atoms with Gasteiger partial charge in [-0.05, 0) is 24.1 Å². The highest BCUT2D eigenvalue weighted by molar-refractivity contribution is 5.50. The third-order valence-electron chi connectivity index (χ3n) is 2.43. The van der Waals surface area contributed by atoms with Crippen molar-refractivity contribution in [2.24, 2.45) is 5.73 Å². The maximum atomic E-state index is 9.01. The maximum absolute atomic E-state index is 9.01. The Morgan fingerprint density at radius 2 is 2.00 bits per heavy atom. The molecule has 15 heavy (non-hydrogen) atoms. The van der Waals surface area contributed by atoms with Gasteiger partial charge in [0.15, 0.2) is 11.5 Å². The average molecular weight is 211 g/mol. The Labute approximate surface area is 89.6 Å². The Morgan fingerprint density at radius 1 is 1.33 bits per heavy atom. The summed E-state index contributed by atoms with van der Waals surface area (Å²) >= 11 is 0. The number of hydrogen-bond donors (Lipinski definition) is 2. The topological polar surface area (TPSA) is 64.7 Å². The van der Waals surface area contributed by atoms with Crippen LogP contribution >= 0.6 is 0 Å². The zero-order valence-corrected chi connectivity index (χ0v) is 9.28. The molecule has 1 aromatic rings. The van der Waals surface area contributed by atoms with Gasteiger partial charge in [-0.25, -0.2) is 0 Å². The van der Waals surface area contributed by atoms with E-state index in [0.29, 0.717) is 11.5 Å². The quantitative estimate of drug-likeness (QED) is 0.780. The Morgan fingerprint density at radius 3 is 2.47 bits per heavy atom. The van der Waals surface area contributed by atoms with Gasteiger partial charge in [-0.1, -0.05) is 6.07 Å². The van der Waals surface area contributed by atoms with E-state index in [0.717, 1.165) is 11.1 Å². The summed E-state index contributed by atoms with van der Waals surface area (Å²) in [6, 6.07) is 3.25. The third kappa shape index (κ3) is 2.22. The molecule has 0 heterocycles. The molecule has 1 rings (SSSR count). The van der Waals surface area contributed by atoms with Crippen LogP contribution in [0.25, 0.3) is 0 Å². The van der Waals surface area contributed by atoms with Gasteiger partial charge in [0.2, 0.25) is 0 Å². The van der Waals surface area contributed by atoms with Crippen LogP contribution < -0.4 is 15.2 Å². The van der Waals surface area contributed by atoms with Gasteiger partial charge in [0.1, 0.15) is 0 Å². The molecule has 0 aliphatic heterocycles. The minimum atomic E-state index is -0.384. The fourth-order valence-corrected chi connectivity index (χ4v) is 1.60. The number of hydrogen-bond acceptors (Lipinski definition) is 4. The van der Waals surface area contributed by atoms with Crippen molar-refractivity contribution in [2.75, 3.05) is 20.8 Å². The first-order valence-corrected chi connectivity index (χ1v) is 4.73. The lowest BCUT2D eigenvalue weighted by Gasteiger charge is -2.17. The Bertz CT molecular complexity index is 339. The first kappa shape index (κ1) is 11.8. The van der Waals surface area contributed by atoms with E-state index in [1.807, 2.05) is 13.0 Å². The van der Waals surface area contributed by atoms with E-state index in [1.54, 1.807) is 20.3 Å². The van der Waals surface area contributed by atoms with Crippen molar-refractivity contribution in [1.29, 1.82) is 0 Å². The van der Waals surface area contributed by atoms with Crippen LogP contribution in [-0.2, 0) is 0 Å². The summed E-state index contributed by atoms with van der Waals surface area (Å²) in [5.41, 5.74) is 7.54. The van der Waals surface area contributed by atoms with Crippen molar-refractivity contribution in [2.45, 2.75) is 13.0 Å². The molecule has 0 saturated carbocycles. The van der Waals surface area contributed by atoms with Gasteiger partial charge >= 0.3 is 0 Å². The number of benzene rings is 1. The Kier molecular flexibility index (Phi) is 3.94. The van der Waals surface area contributed by atoms with Crippen molar-refractivity contribution < 1.29 is 14.6 Å². The lowest BCUT2D eigenvalue weighted by molar-refractivity contribution is 0.267. The number of methoxy groups -OCH3 is 2. The molecule has 1 atom stereocenters. The highest BCUT2D eigenvalue weighted by atomic mass is 16.5. The van der Waals surface area contributed by atoms with Crippen molar-refractivity contribution >= 4 is 0 Å². The van der Waals surface area contributed by atoms with Gasteiger partial charge in [-0.3, -0.25) is 0 Å². The van der Waals surface area contributed by atoms with Crippen LogP contribution in [0.3, 0.4) is 0 Å². The molecule has 0 saturated heterocycles. The van der Waals surface area contributed by atoms with Crippen LogP contribution in [-0.4, -0.2) is 25.9 Å². The van der Waals surface area contributed by atoms with E-state index in [9.17, 15) is 0 Å². The van der Waals surface area contributed by atoms with Gasteiger partial charge in [-0.2, -0.15) is 0 Å². The van der Waals surface area contributed by atoms with Gasteiger partial charge in [0, 0.05) is 0 Å². The van der Waals surface area contributed by atoms with Crippen LogP contribution in [0, 0.1) is 6.92 Å². The number of aliphatic hydroxyl groups is 1. The zero-order chi connectivity index (χ0) is 11.4. The molecule has 0 fully saturated rings. The van der Waals surface area contributed by atoms with E-state index in [-0.39, 0.29) is 12.6 Å². The van der Waals surface area contributed by atoms with Crippen LogP contribution in [0.4, 0.5) is 0 Å². The second-order valence-corrected chi connectivity index (χ2v) is 3.30. The molecular weight excluding hydrogens is 194 g/mol. The van der Waals surface area contributed by atoms with Crippen LogP contribution in [0.1, 0.15) is 17.2 Å². The molecule has 0 bridgehead atoms. The standard InChI is InChI=1S/C11H17NO3/c1-7-8(9(12)6-13)4-5-10(14-2)11(7)15-3/h4-5,9,13H,6,12H2,1-3H3. The lowest BCUT2D eigenvalue weighted by Crippen LogP contribution is -2.16. The predicted molar refractivity (Wildman–Crippen MR) is 58.3 cm³/mol. The molecule has 1 unspecified atom stereocenters. The van der Waals surface area contributed by atoms with Crippen molar-refractivity contribution in [1.82, 2.24) is 0 Å².